The maximum absolute atomic E-state index is 12.1. The van der Waals surface area contributed by atoms with Crippen molar-refractivity contribution < 1.29 is 39.1 Å². The summed E-state index contributed by atoms with van der Waals surface area (Å²) < 4.78 is 0. The van der Waals surface area contributed by atoms with Gasteiger partial charge in [-0.1, -0.05) is 38.3 Å². The largest absolute Gasteiger partial charge is 1.00 e. The van der Waals surface area contributed by atoms with E-state index in [2.05, 4.69) is 24.1 Å². The number of thiocarbonyl (C=S) groups is 1. The van der Waals surface area contributed by atoms with Gasteiger partial charge in [-0.25, -0.2) is 0 Å². The predicted molar refractivity (Wildman–Crippen MR) is 70.3 cm³/mol. The van der Waals surface area contributed by atoms with E-state index in [4.69, 9.17) is 12.2 Å². The van der Waals surface area contributed by atoms with E-state index in [1.807, 2.05) is 0 Å². The average molecular weight is 277 g/mol. The zero-order valence-corrected chi connectivity index (χ0v) is 14.1. The number of amides is 2. The molecule has 1 aliphatic heterocycles. The van der Waals surface area contributed by atoms with Gasteiger partial charge in [0.15, 0.2) is 5.11 Å². The standard InChI is InChI=1S/C12H18N2O2S.Na/c1-4-5-6-7-12(8(2)3)9(15)13-11(17)14-10(12)16;/h2,4-7H2,1,3H3,(H2,13,14,15,16,17);/q;+1. The van der Waals surface area contributed by atoms with Crippen LogP contribution in [0.4, 0.5) is 0 Å². The minimum absolute atomic E-state index is 0. The van der Waals surface area contributed by atoms with Crippen LogP contribution in [0.25, 0.3) is 0 Å². The van der Waals surface area contributed by atoms with Gasteiger partial charge in [0.2, 0.25) is 11.8 Å². The normalized spacial score (nSPS) is 17.6. The Kier molecular flexibility index (Phi) is 7.29. The SMILES string of the molecule is C=C(C)C1(CCCCC)C(=O)NC(=S)NC1=O.[Na+]. The first-order valence-electron chi connectivity index (χ1n) is 5.78. The van der Waals surface area contributed by atoms with Crippen LogP contribution in [0, 0.1) is 5.41 Å². The molecule has 2 N–H and O–H groups in total. The van der Waals surface area contributed by atoms with Gasteiger partial charge in [0, 0.05) is 0 Å². The van der Waals surface area contributed by atoms with Crippen LogP contribution in [0.1, 0.15) is 39.5 Å². The van der Waals surface area contributed by atoms with Crippen LogP contribution < -0.4 is 40.2 Å². The molecule has 1 saturated heterocycles. The molecule has 0 unspecified atom stereocenters. The van der Waals surface area contributed by atoms with Crippen molar-refractivity contribution in [1.82, 2.24) is 10.6 Å². The van der Waals surface area contributed by atoms with Crippen LogP contribution in [0.2, 0.25) is 0 Å². The monoisotopic (exact) mass is 277 g/mol. The van der Waals surface area contributed by atoms with Crippen molar-refractivity contribution in [3.63, 3.8) is 0 Å². The van der Waals surface area contributed by atoms with E-state index >= 15 is 0 Å². The first kappa shape index (κ1) is 17.8. The van der Waals surface area contributed by atoms with Crippen molar-refractivity contribution in [3.8, 4) is 0 Å². The number of hydrogen-bond acceptors (Lipinski definition) is 3. The summed E-state index contributed by atoms with van der Waals surface area (Å²) >= 11 is 4.79. The van der Waals surface area contributed by atoms with Crippen molar-refractivity contribution in [2.24, 2.45) is 5.41 Å². The summed E-state index contributed by atoms with van der Waals surface area (Å²) in [6.45, 7) is 7.57. The van der Waals surface area contributed by atoms with Crippen molar-refractivity contribution in [2.75, 3.05) is 0 Å². The molecule has 0 spiro atoms. The van der Waals surface area contributed by atoms with Crippen LogP contribution in [0.3, 0.4) is 0 Å². The van der Waals surface area contributed by atoms with E-state index in [0.29, 0.717) is 12.0 Å². The van der Waals surface area contributed by atoms with Crippen molar-refractivity contribution >= 4 is 29.1 Å². The molecule has 0 bridgehead atoms. The van der Waals surface area contributed by atoms with Crippen LogP contribution in [-0.4, -0.2) is 16.9 Å². The van der Waals surface area contributed by atoms with Crippen molar-refractivity contribution in [1.29, 1.82) is 0 Å². The summed E-state index contributed by atoms with van der Waals surface area (Å²) in [6, 6.07) is 0. The molecule has 1 heterocycles. The fourth-order valence-electron chi connectivity index (χ4n) is 2.02. The predicted octanol–water partition coefficient (Wildman–Crippen LogP) is -1.34. The summed E-state index contributed by atoms with van der Waals surface area (Å²) in [6.07, 6.45) is 3.32. The van der Waals surface area contributed by atoms with Gasteiger partial charge in [0.05, 0.1) is 0 Å². The molecule has 0 radical (unpaired) electrons. The van der Waals surface area contributed by atoms with Crippen LogP contribution >= 0.6 is 12.2 Å². The fraction of sp³-hybridized carbons (Fsp3) is 0.583. The Morgan fingerprint density at radius 1 is 1.28 bits per heavy atom. The first-order chi connectivity index (χ1) is 7.95. The van der Waals surface area contributed by atoms with Gasteiger partial charge < -0.3 is 10.6 Å². The molecule has 0 aromatic carbocycles. The molecule has 1 fully saturated rings. The molecule has 18 heavy (non-hydrogen) atoms. The minimum atomic E-state index is -1.16. The maximum Gasteiger partial charge on any atom is 1.00 e. The number of nitrogens with one attached hydrogen (secondary N) is 2. The molecule has 6 heteroatoms. The number of hydrogen-bond donors (Lipinski definition) is 2. The third kappa shape index (κ3) is 3.41. The quantitative estimate of drug-likeness (QED) is 0.215. The Morgan fingerprint density at radius 3 is 2.17 bits per heavy atom. The summed E-state index contributed by atoms with van der Waals surface area (Å²) in [5.74, 6) is -0.704. The molecule has 1 rings (SSSR count). The second kappa shape index (κ2) is 7.38. The number of carbonyl (C=O) groups is 2. The number of unbranched alkanes of at least 4 members (excludes halogenated alkanes) is 2. The van der Waals surface area contributed by atoms with E-state index in [0.717, 1.165) is 19.3 Å². The van der Waals surface area contributed by atoms with Gasteiger partial charge in [0.1, 0.15) is 5.41 Å². The topological polar surface area (TPSA) is 58.2 Å². The third-order valence-corrected chi connectivity index (χ3v) is 3.32. The molecule has 0 aromatic rings. The van der Waals surface area contributed by atoms with Gasteiger partial charge in [-0.2, -0.15) is 0 Å². The molecule has 1 aliphatic rings. The number of carbonyl (C=O) groups excluding carboxylic acids is 2. The van der Waals surface area contributed by atoms with E-state index < -0.39 is 5.41 Å². The van der Waals surface area contributed by atoms with Gasteiger partial charge in [-0.05, 0) is 25.6 Å². The van der Waals surface area contributed by atoms with Gasteiger partial charge in [-0.3, -0.25) is 9.59 Å². The van der Waals surface area contributed by atoms with Crippen LogP contribution in [0.15, 0.2) is 12.2 Å². The Bertz CT molecular complexity index is 362. The van der Waals surface area contributed by atoms with Gasteiger partial charge in [-0.15, -0.1) is 0 Å². The van der Waals surface area contributed by atoms with Crippen LogP contribution in [0.5, 0.6) is 0 Å². The Hall–Kier alpha value is -0.230. The molecule has 94 valence electrons. The zero-order valence-electron chi connectivity index (χ0n) is 11.3. The van der Waals surface area contributed by atoms with E-state index in [-0.39, 0.29) is 46.5 Å². The summed E-state index contributed by atoms with van der Waals surface area (Å²) in [4.78, 5) is 24.1. The number of rotatable bonds is 5. The average Bonchev–Trinajstić information content (AvgIpc) is 2.21. The molecule has 0 saturated carbocycles. The molecule has 0 aliphatic carbocycles. The van der Waals surface area contributed by atoms with E-state index in [1.54, 1.807) is 6.92 Å². The summed E-state index contributed by atoms with van der Waals surface area (Å²) in [5, 5.41) is 5.09. The van der Waals surface area contributed by atoms with Crippen LogP contribution in [-0.2, 0) is 9.59 Å². The summed E-state index contributed by atoms with van der Waals surface area (Å²) in [5.41, 5.74) is -0.594. The Morgan fingerprint density at radius 2 is 1.78 bits per heavy atom. The zero-order chi connectivity index (χ0) is 13.1. The second-order valence-electron chi connectivity index (χ2n) is 4.38. The molecule has 4 nitrogen and oxygen atoms in total. The second-order valence-corrected chi connectivity index (χ2v) is 4.79. The smallest absolute Gasteiger partial charge is 0.302 e. The van der Waals surface area contributed by atoms with Crippen molar-refractivity contribution in [2.45, 2.75) is 39.5 Å². The molecule has 2 amide bonds. The summed E-state index contributed by atoms with van der Waals surface area (Å²) in [7, 11) is 0. The third-order valence-electron chi connectivity index (χ3n) is 3.11. The molecular formula is C12H18N2NaO2S+. The van der Waals surface area contributed by atoms with Crippen molar-refractivity contribution in [3.05, 3.63) is 12.2 Å². The molecule has 0 aromatic heterocycles. The Balaban J connectivity index is 0.00000289. The minimum Gasteiger partial charge on any atom is -0.302 e. The Labute approximate surface area is 135 Å². The maximum atomic E-state index is 12.1. The van der Waals surface area contributed by atoms with Gasteiger partial charge >= 0.3 is 29.6 Å². The van der Waals surface area contributed by atoms with E-state index in [9.17, 15) is 9.59 Å². The fourth-order valence-corrected chi connectivity index (χ4v) is 2.21. The molecular weight excluding hydrogens is 259 g/mol. The van der Waals surface area contributed by atoms with E-state index in [1.165, 1.54) is 0 Å². The first-order valence-corrected chi connectivity index (χ1v) is 6.18. The molecule has 0 atom stereocenters. The van der Waals surface area contributed by atoms with Gasteiger partial charge in [0.25, 0.3) is 0 Å².